The van der Waals surface area contributed by atoms with Crippen molar-refractivity contribution in [2.75, 3.05) is 5.32 Å². The number of rotatable bonds is 5. The van der Waals surface area contributed by atoms with Crippen LogP contribution in [0.25, 0.3) is 38.7 Å². The number of fused-ring (bicyclic) bond motifs is 1. The van der Waals surface area contributed by atoms with Gasteiger partial charge in [-0.25, -0.2) is 4.98 Å². The largest absolute Gasteiger partial charge is 0.360 e. The number of allylic oxidation sites excluding steroid dienone is 1. The van der Waals surface area contributed by atoms with Crippen molar-refractivity contribution in [2.24, 2.45) is 0 Å². The highest BCUT2D eigenvalue weighted by Gasteiger charge is 2.09. The van der Waals surface area contributed by atoms with Gasteiger partial charge >= 0.3 is 0 Å². The number of benzene rings is 4. The van der Waals surface area contributed by atoms with Crippen molar-refractivity contribution >= 4 is 33.4 Å². The van der Waals surface area contributed by atoms with E-state index in [1.165, 1.54) is 27.8 Å². The zero-order chi connectivity index (χ0) is 21.8. The third kappa shape index (κ3) is 4.15. The standard InChI is InChI=1S/C28H19N3S/c29-17-25(18-30-26-15-14-21-8-4-5-9-24(21)16-26)28-31-27(19-32-28)23-12-10-22(11-13-23)20-6-2-1-3-7-20/h1-16,18-19,30H/b25-18+. The molecule has 1 heterocycles. The van der Waals surface area contributed by atoms with Crippen LogP contribution in [0.3, 0.4) is 0 Å². The van der Waals surface area contributed by atoms with Crippen LogP contribution in [0.4, 0.5) is 5.69 Å². The van der Waals surface area contributed by atoms with Crippen LogP contribution in [-0.2, 0) is 0 Å². The third-order valence-electron chi connectivity index (χ3n) is 5.28. The quantitative estimate of drug-likeness (QED) is 0.293. The zero-order valence-corrected chi connectivity index (χ0v) is 18.0. The van der Waals surface area contributed by atoms with Crippen molar-refractivity contribution in [2.45, 2.75) is 0 Å². The Morgan fingerprint density at radius 1 is 0.781 bits per heavy atom. The summed E-state index contributed by atoms with van der Waals surface area (Å²) < 4.78 is 0. The number of nitrogens with zero attached hydrogens (tertiary/aromatic N) is 2. The van der Waals surface area contributed by atoms with Gasteiger partial charge in [0.15, 0.2) is 0 Å². The van der Waals surface area contributed by atoms with Gasteiger partial charge in [-0.1, -0.05) is 84.9 Å². The van der Waals surface area contributed by atoms with Crippen molar-refractivity contribution in [3.05, 3.63) is 114 Å². The van der Waals surface area contributed by atoms with Crippen molar-refractivity contribution in [3.8, 4) is 28.5 Å². The third-order valence-corrected chi connectivity index (χ3v) is 6.15. The summed E-state index contributed by atoms with van der Waals surface area (Å²) in [4.78, 5) is 4.70. The molecule has 4 aromatic carbocycles. The van der Waals surface area contributed by atoms with Crippen LogP contribution in [0.5, 0.6) is 0 Å². The van der Waals surface area contributed by atoms with Crippen molar-refractivity contribution in [3.63, 3.8) is 0 Å². The zero-order valence-electron chi connectivity index (χ0n) is 17.2. The molecule has 0 aliphatic rings. The molecule has 152 valence electrons. The number of aromatic nitrogens is 1. The number of nitrogens with one attached hydrogen (secondary N) is 1. The van der Waals surface area contributed by atoms with Crippen LogP contribution in [0, 0.1) is 11.3 Å². The maximum absolute atomic E-state index is 9.68. The predicted molar refractivity (Wildman–Crippen MR) is 134 cm³/mol. The minimum atomic E-state index is 0.510. The van der Waals surface area contributed by atoms with Gasteiger partial charge in [0.1, 0.15) is 16.6 Å². The molecule has 0 aliphatic heterocycles. The topological polar surface area (TPSA) is 48.7 Å². The summed E-state index contributed by atoms with van der Waals surface area (Å²) in [6.07, 6.45) is 1.73. The van der Waals surface area contributed by atoms with Gasteiger partial charge in [-0.15, -0.1) is 11.3 Å². The van der Waals surface area contributed by atoms with Crippen LogP contribution >= 0.6 is 11.3 Å². The number of hydrogen-bond donors (Lipinski definition) is 1. The molecule has 0 spiro atoms. The molecule has 3 nitrogen and oxygen atoms in total. The van der Waals surface area contributed by atoms with Gasteiger partial charge in [-0.2, -0.15) is 5.26 Å². The SMILES string of the molecule is N#C/C(=C\Nc1ccc2ccccc2c1)c1nc(-c2ccc(-c3ccccc3)cc2)cs1. The molecular formula is C28H19N3S. The molecule has 0 amide bonds. The van der Waals surface area contributed by atoms with Crippen LogP contribution in [0.2, 0.25) is 0 Å². The van der Waals surface area contributed by atoms with E-state index >= 15 is 0 Å². The summed E-state index contributed by atoms with van der Waals surface area (Å²) in [5.41, 5.74) is 5.71. The summed E-state index contributed by atoms with van der Waals surface area (Å²) in [6, 6.07) is 35.3. The monoisotopic (exact) mass is 429 g/mol. The first-order valence-electron chi connectivity index (χ1n) is 10.3. The number of nitriles is 1. The molecule has 0 saturated heterocycles. The molecule has 0 aliphatic carbocycles. The Morgan fingerprint density at radius 2 is 1.47 bits per heavy atom. The molecule has 0 fully saturated rings. The first kappa shape index (κ1) is 19.7. The first-order valence-corrected chi connectivity index (χ1v) is 11.2. The fourth-order valence-corrected chi connectivity index (χ4v) is 4.37. The maximum atomic E-state index is 9.68. The molecule has 5 aromatic rings. The second-order valence-corrected chi connectivity index (χ2v) is 8.22. The Labute approximate surface area is 190 Å². The van der Waals surface area contributed by atoms with E-state index in [1.54, 1.807) is 6.20 Å². The fourth-order valence-electron chi connectivity index (χ4n) is 3.57. The van der Waals surface area contributed by atoms with Gasteiger partial charge in [0.05, 0.1) is 5.69 Å². The van der Waals surface area contributed by atoms with Crippen LogP contribution in [0.15, 0.2) is 109 Å². The van der Waals surface area contributed by atoms with Crippen molar-refractivity contribution in [1.82, 2.24) is 4.98 Å². The normalized spacial score (nSPS) is 11.3. The first-order chi connectivity index (χ1) is 15.8. The number of thiazole rings is 1. The highest BCUT2D eigenvalue weighted by molar-refractivity contribution is 7.11. The van der Waals surface area contributed by atoms with E-state index < -0.39 is 0 Å². The molecule has 1 aromatic heterocycles. The maximum Gasteiger partial charge on any atom is 0.136 e. The van der Waals surface area contributed by atoms with E-state index in [-0.39, 0.29) is 0 Å². The molecule has 5 rings (SSSR count). The Kier molecular flexibility index (Phi) is 5.48. The van der Waals surface area contributed by atoms with Crippen LogP contribution in [0.1, 0.15) is 5.01 Å². The second-order valence-electron chi connectivity index (χ2n) is 7.36. The van der Waals surface area contributed by atoms with Gasteiger partial charge in [0.2, 0.25) is 0 Å². The summed E-state index contributed by atoms with van der Waals surface area (Å²) in [7, 11) is 0. The van der Waals surface area contributed by atoms with Gasteiger partial charge in [0, 0.05) is 22.8 Å². The van der Waals surface area contributed by atoms with Crippen molar-refractivity contribution < 1.29 is 0 Å². The van der Waals surface area contributed by atoms with E-state index in [9.17, 15) is 5.26 Å². The Balaban J connectivity index is 1.35. The minimum absolute atomic E-state index is 0.510. The Bertz CT molecular complexity index is 1440. The molecule has 0 radical (unpaired) electrons. The van der Waals surface area contributed by atoms with Crippen molar-refractivity contribution in [1.29, 1.82) is 5.26 Å². The molecule has 0 unspecified atom stereocenters. The lowest BCUT2D eigenvalue weighted by molar-refractivity contribution is 1.36. The smallest absolute Gasteiger partial charge is 0.136 e. The van der Waals surface area contributed by atoms with E-state index in [2.05, 4.69) is 72.0 Å². The molecule has 0 saturated carbocycles. The van der Waals surface area contributed by atoms with E-state index in [0.717, 1.165) is 22.3 Å². The minimum Gasteiger partial charge on any atom is -0.360 e. The summed E-state index contributed by atoms with van der Waals surface area (Å²) in [5, 5.41) is 18.0. The average molecular weight is 430 g/mol. The number of anilines is 1. The summed E-state index contributed by atoms with van der Waals surface area (Å²) in [5.74, 6) is 0. The van der Waals surface area contributed by atoms with Crippen LogP contribution in [-0.4, -0.2) is 4.98 Å². The molecular weight excluding hydrogens is 410 g/mol. The predicted octanol–water partition coefficient (Wildman–Crippen LogP) is 7.61. The Hall–Kier alpha value is -4.20. The highest BCUT2D eigenvalue weighted by Crippen LogP contribution is 2.28. The van der Waals surface area contributed by atoms with Gasteiger partial charge in [-0.3, -0.25) is 0 Å². The molecule has 0 bridgehead atoms. The fraction of sp³-hybridized carbons (Fsp3) is 0. The molecule has 32 heavy (non-hydrogen) atoms. The highest BCUT2D eigenvalue weighted by atomic mass is 32.1. The van der Waals surface area contributed by atoms with Crippen LogP contribution < -0.4 is 5.32 Å². The summed E-state index contributed by atoms with van der Waals surface area (Å²) in [6.45, 7) is 0. The van der Waals surface area contributed by atoms with Gasteiger partial charge < -0.3 is 5.32 Å². The Morgan fingerprint density at radius 3 is 2.25 bits per heavy atom. The van der Waals surface area contributed by atoms with E-state index in [1.807, 2.05) is 41.8 Å². The number of hydrogen-bond acceptors (Lipinski definition) is 4. The molecule has 4 heteroatoms. The molecule has 1 N–H and O–H groups in total. The lowest BCUT2D eigenvalue weighted by atomic mass is 10.0. The van der Waals surface area contributed by atoms with Gasteiger partial charge in [-0.05, 0) is 34.0 Å². The average Bonchev–Trinajstić information content (AvgIpc) is 3.35. The lowest BCUT2D eigenvalue weighted by Gasteiger charge is -2.04. The van der Waals surface area contributed by atoms with E-state index in [0.29, 0.717) is 10.6 Å². The lowest BCUT2D eigenvalue weighted by Crippen LogP contribution is -1.91. The summed E-state index contributed by atoms with van der Waals surface area (Å²) >= 11 is 1.47. The van der Waals surface area contributed by atoms with E-state index in [4.69, 9.17) is 4.98 Å². The second kappa shape index (κ2) is 8.89. The van der Waals surface area contributed by atoms with Gasteiger partial charge in [0.25, 0.3) is 0 Å². The molecule has 0 atom stereocenters.